The number of anilines is 1. The maximum atomic E-state index is 10.9. The molecule has 2 rings (SSSR count). The molecule has 0 atom stereocenters. The zero-order valence-electron chi connectivity index (χ0n) is 11.8. The number of aromatic nitrogens is 2. The van der Waals surface area contributed by atoms with Crippen LogP contribution in [0.2, 0.25) is 0 Å². The van der Waals surface area contributed by atoms with E-state index in [-0.39, 0.29) is 11.1 Å². The molecule has 1 aromatic carbocycles. The number of rotatable bonds is 5. The van der Waals surface area contributed by atoms with Crippen LogP contribution in [0.4, 0.5) is 11.5 Å². The summed E-state index contributed by atoms with van der Waals surface area (Å²) >= 11 is 0. The highest BCUT2D eigenvalue weighted by molar-refractivity contribution is 5.54. The van der Waals surface area contributed by atoms with Crippen LogP contribution in [-0.4, -0.2) is 21.2 Å². The SMILES string of the molecule is Cn1cc([N+](=O)[O-])c(NCC(C)(C)c2ccccc2)n1. The Hall–Kier alpha value is -2.37. The Morgan fingerprint density at radius 2 is 2.00 bits per heavy atom. The zero-order valence-corrected chi connectivity index (χ0v) is 11.8. The number of nitro groups is 1. The van der Waals surface area contributed by atoms with Gasteiger partial charge < -0.3 is 5.32 Å². The first-order valence-electron chi connectivity index (χ1n) is 6.37. The number of nitrogens with one attached hydrogen (secondary N) is 1. The summed E-state index contributed by atoms with van der Waals surface area (Å²) < 4.78 is 1.44. The Morgan fingerprint density at radius 3 is 2.60 bits per heavy atom. The highest BCUT2D eigenvalue weighted by atomic mass is 16.6. The molecule has 0 aliphatic carbocycles. The molecule has 0 aliphatic rings. The van der Waals surface area contributed by atoms with Gasteiger partial charge in [-0.15, -0.1) is 5.10 Å². The van der Waals surface area contributed by atoms with E-state index in [4.69, 9.17) is 0 Å². The molecule has 0 spiro atoms. The summed E-state index contributed by atoms with van der Waals surface area (Å²) in [7, 11) is 1.67. The summed E-state index contributed by atoms with van der Waals surface area (Å²) in [5, 5.41) is 18.1. The van der Waals surface area contributed by atoms with E-state index < -0.39 is 4.92 Å². The van der Waals surface area contributed by atoms with Gasteiger partial charge in [0.25, 0.3) is 0 Å². The monoisotopic (exact) mass is 274 g/mol. The molecular weight excluding hydrogens is 256 g/mol. The van der Waals surface area contributed by atoms with Crippen LogP contribution in [0.5, 0.6) is 0 Å². The minimum absolute atomic E-state index is 0.00337. The molecule has 0 radical (unpaired) electrons. The van der Waals surface area contributed by atoms with Gasteiger partial charge in [0, 0.05) is 19.0 Å². The normalized spacial score (nSPS) is 11.3. The molecule has 0 aliphatic heterocycles. The van der Waals surface area contributed by atoms with Crippen LogP contribution in [0, 0.1) is 10.1 Å². The predicted molar refractivity (Wildman–Crippen MR) is 77.8 cm³/mol. The number of hydrogen-bond donors (Lipinski definition) is 1. The van der Waals surface area contributed by atoms with Crippen LogP contribution >= 0.6 is 0 Å². The van der Waals surface area contributed by atoms with Crippen molar-refractivity contribution in [3.8, 4) is 0 Å². The van der Waals surface area contributed by atoms with Gasteiger partial charge in [-0.1, -0.05) is 44.2 Å². The second-order valence-corrected chi connectivity index (χ2v) is 5.40. The quantitative estimate of drug-likeness (QED) is 0.672. The summed E-state index contributed by atoms with van der Waals surface area (Å²) in [5.74, 6) is 0.307. The van der Waals surface area contributed by atoms with E-state index in [1.54, 1.807) is 7.05 Å². The third kappa shape index (κ3) is 2.96. The fourth-order valence-corrected chi connectivity index (χ4v) is 2.03. The van der Waals surface area contributed by atoms with Crippen molar-refractivity contribution in [2.45, 2.75) is 19.3 Å². The Morgan fingerprint density at radius 1 is 1.35 bits per heavy atom. The fourth-order valence-electron chi connectivity index (χ4n) is 2.03. The van der Waals surface area contributed by atoms with E-state index in [0.717, 1.165) is 0 Å². The lowest BCUT2D eigenvalue weighted by Crippen LogP contribution is -2.27. The average molecular weight is 274 g/mol. The molecule has 1 heterocycles. The molecular formula is C14H18N4O2. The van der Waals surface area contributed by atoms with Gasteiger partial charge in [0.05, 0.1) is 4.92 Å². The summed E-state index contributed by atoms with van der Waals surface area (Å²) in [6, 6.07) is 10.0. The highest BCUT2D eigenvalue weighted by Crippen LogP contribution is 2.26. The largest absolute Gasteiger partial charge is 0.362 e. The molecule has 20 heavy (non-hydrogen) atoms. The van der Waals surface area contributed by atoms with Crippen LogP contribution < -0.4 is 5.32 Å². The Kier molecular flexibility index (Phi) is 3.74. The van der Waals surface area contributed by atoms with Gasteiger partial charge in [-0.3, -0.25) is 14.8 Å². The first kappa shape index (κ1) is 14.0. The second-order valence-electron chi connectivity index (χ2n) is 5.40. The first-order chi connectivity index (χ1) is 9.40. The lowest BCUT2D eigenvalue weighted by Gasteiger charge is -2.25. The molecule has 106 valence electrons. The van der Waals surface area contributed by atoms with Crippen molar-refractivity contribution >= 4 is 11.5 Å². The predicted octanol–water partition coefficient (Wildman–Crippen LogP) is 2.72. The molecule has 6 nitrogen and oxygen atoms in total. The molecule has 0 fully saturated rings. The summed E-state index contributed by atoms with van der Waals surface area (Å²) in [4.78, 5) is 10.5. The van der Waals surface area contributed by atoms with Gasteiger partial charge in [-0.2, -0.15) is 0 Å². The third-order valence-electron chi connectivity index (χ3n) is 3.26. The van der Waals surface area contributed by atoms with Gasteiger partial charge in [-0.05, 0) is 5.56 Å². The van der Waals surface area contributed by atoms with Crippen molar-refractivity contribution in [1.82, 2.24) is 9.78 Å². The van der Waals surface area contributed by atoms with Crippen LogP contribution in [-0.2, 0) is 12.5 Å². The van der Waals surface area contributed by atoms with E-state index in [9.17, 15) is 10.1 Å². The molecule has 1 aromatic heterocycles. The van der Waals surface area contributed by atoms with Crippen molar-refractivity contribution in [1.29, 1.82) is 0 Å². The van der Waals surface area contributed by atoms with E-state index >= 15 is 0 Å². The summed E-state index contributed by atoms with van der Waals surface area (Å²) in [6.07, 6.45) is 1.40. The first-order valence-corrected chi connectivity index (χ1v) is 6.37. The smallest absolute Gasteiger partial charge is 0.330 e. The van der Waals surface area contributed by atoms with Crippen molar-refractivity contribution in [2.24, 2.45) is 7.05 Å². The second kappa shape index (κ2) is 5.32. The maximum Gasteiger partial charge on any atom is 0.330 e. The average Bonchev–Trinajstić information content (AvgIpc) is 2.79. The van der Waals surface area contributed by atoms with E-state index in [0.29, 0.717) is 12.4 Å². The molecule has 1 N–H and O–H groups in total. The highest BCUT2D eigenvalue weighted by Gasteiger charge is 2.24. The van der Waals surface area contributed by atoms with Gasteiger partial charge in [-0.25, -0.2) is 0 Å². The van der Waals surface area contributed by atoms with Crippen molar-refractivity contribution in [2.75, 3.05) is 11.9 Å². The molecule has 0 saturated carbocycles. The number of hydrogen-bond acceptors (Lipinski definition) is 4. The van der Waals surface area contributed by atoms with Crippen LogP contribution in [0.15, 0.2) is 36.5 Å². The van der Waals surface area contributed by atoms with Crippen LogP contribution in [0.3, 0.4) is 0 Å². The Labute approximate surface area is 117 Å². The van der Waals surface area contributed by atoms with E-state index in [2.05, 4.69) is 36.4 Å². The lowest BCUT2D eigenvalue weighted by atomic mass is 9.84. The number of aryl methyl sites for hydroxylation is 1. The van der Waals surface area contributed by atoms with Crippen LogP contribution in [0.25, 0.3) is 0 Å². The molecule has 6 heteroatoms. The van der Waals surface area contributed by atoms with Gasteiger partial charge in [0.15, 0.2) is 0 Å². The summed E-state index contributed by atoms with van der Waals surface area (Å²) in [6.45, 7) is 4.74. The Bertz CT molecular complexity index is 605. The minimum atomic E-state index is -0.426. The van der Waals surface area contributed by atoms with E-state index in [1.165, 1.54) is 16.4 Å². The lowest BCUT2D eigenvalue weighted by molar-refractivity contribution is -0.384. The third-order valence-corrected chi connectivity index (χ3v) is 3.26. The van der Waals surface area contributed by atoms with Crippen LogP contribution in [0.1, 0.15) is 19.4 Å². The molecule has 2 aromatic rings. The van der Waals surface area contributed by atoms with Gasteiger partial charge in [0.1, 0.15) is 6.20 Å². The topological polar surface area (TPSA) is 73.0 Å². The molecule has 0 saturated heterocycles. The number of nitrogens with zero attached hydrogens (tertiary/aromatic N) is 3. The minimum Gasteiger partial charge on any atom is -0.362 e. The van der Waals surface area contributed by atoms with Crippen molar-refractivity contribution in [3.63, 3.8) is 0 Å². The summed E-state index contributed by atoms with van der Waals surface area (Å²) in [5.41, 5.74) is 1.02. The van der Waals surface area contributed by atoms with Gasteiger partial charge in [0.2, 0.25) is 5.82 Å². The fraction of sp³-hybridized carbons (Fsp3) is 0.357. The molecule has 0 amide bonds. The van der Waals surface area contributed by atoms with E-state index in [1.807, 2.05) is 18.2 Å². The van der Waals surface area contributed by atoms with Crippen molar-refractivity contribution in [3.05, 3.63) is 52.2 Å². The molecule has 0 unspecified atom stereocenters. The Balaban J connectivity index is 2.14. The molecule has 0 bridgehead atoms. The van der Waals surface area contributed by atoms with Crippen molar-refractivity contribution < 1.29 is 4.92 Å². The standard InChI is InChI=1S/C14H18N4O2/c1-14(2,11-7-5-4-6-8-11)10-15-13-12(18(19)20)9-17(3)16-13/h4-9H,10H2,1-3H3,(H,15,16). The zero-order chi connectivity index (χ0) is 14.8. The maximum absolute atomic E-state index is 10.9. The van der Waals surface area contributed by atoms with Gasteiger partial charge >= 0.3 is 5.69 Å². The number of benzene rings is 1.